The van der Waals surface area contributed by atoms with Crippen molar-refractivity contribution >= 4 is 33.5 Å². The van der Waals surface area contributed by atoms with Gasteiger partial charge < -0.3 is 9.84 Å². The summed E-state index contributed by atoms with van der Waals surface area (Å²) in [6, 6.07) is 14.4. The first-order valence-electron chi connectivity index (χ1n) is 11.0. The molecule has 31 heavy (non-hydrogen) atoms. The van der Waals surface area contributed by atoms with Crippen LogP contribution in [0.5, 0.6) is 5.75 Å². The molecule has 3 aromatic carbocycles. The molecule has 0 heterocycles. The van der Waals surface area contributed by atoms with E-state index in [0.29, 0.717) is 18.6 Å². The smallest absolute Gasteiger partial charge is 0.315 e. The zero-order chi connectivity index (χ0) is 22.1. The standard InChI is InChI=1S/C27H28O4/c1-4-17-8-7-11-20-22(17)15-19-10-6-9-18(5-2)24(19)25(20)31-27(30)21-13-12-16(3)14-23(21)26(28)29/h6-12,15,21,23H,4-5,13-14H2,1-3H3,(H,28,29). The van der Waals surface area contributed by atoms with Crippen LogP contribution in [0.4, 0.5) is 0 Å². The average Bonchev–Trinajstić information content (AvgIpc) is 2.77. The molecule has 4 nitrogen and oxygen atoms in total. The van der Waals surface area contributed by atoms with Gasteiger partial charge in [-0.3, -0.25) is 9.59 Å². The number of carboxylic acids is 1. The number of hydrogen-bond acceptors (Lipinski definition) is 3. The number of carboxylic acid groups (broad SMARTS) is 1. The number of hydrogen-bond donors (Lipinski definition) is 1. The Morgan fingerprint density at radius 3 is 2.42 bits per heavy atom. The van der Waals surface area contributed by atoms with Crippen molar-refractivity contribution in [3.8, 4) is 5.75 Å². The normalized spacial score (nSPS) is 18.7. The fourth-order valence-electron chi connectivity index (χ4n) is 4.76. The molecule has 0 aromatic heterocycles. The molecule has 1 aliphatic carbocycles. The molecule has 0 fully saturated rings. The number of aliphatic carboxylic acids is 1. The lowest BCUT2D eigenvalue weighted by atomic mass is 9.80. The molecule has 4 rings (SSSR count). The molecular weight excluding hydrogens is 388 g/mol. The molecule has 0 amide bonds. The number of allylic oxidation sites excluding steroid dienone is 2. The second kappa shape index (κ2) is 8.54. The second-order valence-electron chi connectivity index (χ2n) is 8.40. The summed E-state index contributed by atoms with van der Waals surface area (Å²) >= 11 is 0. The number of fused-ring (bicyclic) bond motifs is 2. The van der Waals surface area contributed by atoms with Crippen LogP contribution < -0.4 is 4.74 Å². The van der Waals surface area contributed by atoms with Crippen molar-refractivity contribution in [2.45, 2.75) is 46.5 Å². The van der Waals surface area contributed by atoms with E-state index in [9.17, 15) is 14.7 Å². The summed E-state index contributed by atoms with van der Waals surface area (Å²) in [7, 11) is 0. The first kappa shape index (κ1) is 21.1. The van der Waals surface area contributed by atoms with E-state index in [1.807, 2.05) is 37.3 Å². The molecule has 3 aromatic rings. The summed E-state index contributed by atoms with van der Waals surface area (Å²) in [5, 5.41) is 13.6. The van der Waals surface area contributed by atoms with Crippen LogP contribution in [0.25, 0.3) is 21.5 Å². The van der Waals surface area contributed by atoms with Crippen LogP contribution in [0.2, 0.25) is 0 Å². The minimum Gasteiger partial charge on any atom is -0.481 e. The Morgan fingerprint density at radius 1 is 1.00 bits per heavy atom. The molecule has 160 valence electrons. The Hall–Kier alpha value is -3.14. The molecule has 0 saturated carbocycles. The molecule has 0 spiro atoms. The maximum Gasteiger partial charge on any atom is 0.315 e. The van der Waals surface area contributed by atoms with Gasteiger partial charge in [0, 0.05) is 10.8 Å². The van der Waals surface area contributed by atoms with Crippen LogP contribution in [0.3, 0.4) is 0 Å². The van der Waals surface area contributed by atoms with E-state index in [1.54, 1.807) is 0 Å². The van der Waals surface area contributed by atoms with Crippen molar-refractivity contribution in [3.63, 3.8) is 0 Å². The molecule has 0 bridgehead atoms. The third-order valence-corrected chi connectivity index (χ3v) is 6.48. The van der Waals surface area contributed by atoms with Gasteiger partial charge in [-0.1, -0.05) is 61.9 Å². The molecule has 2 atom stereocenters. The molecule has 1 N–H and O–H groups in total. The summed E-state index contributed by atoms with van der Waals surface area (Å²) in [5.41, 5.74) is 3.31. The van der Waals surface area contributed by atoms with Crippen molar-refractivity contribution < 1.29 is 19.4 Å². The van der Waals surface area contributed by atoms with Crippen molar-refractivity contribution in [2.24, 2.45) is 11.8 Å². The van der Waals surface area contributed by atoms with E-state index in [4.69, 9.17) is 4.74 Å². The van der Waals surface area contributed by atoms with Crippen LogP contribution >= 0.6 is 0 Å². The molecule has 4 heteroatoms. The Kier molecular flexibility index (Phi) is 5.81. The molecule has 0 aliphatic heterocycles. The van der Waals surface area contributed by atoms with Gasteiger partial charge in [-0.2, -0.15) is 0 Å². The highest BCUT2D eigenvalue weighted by Crippen LogP contribution is 2.40. The van der Waals surface area contributed by atoms with E-state index >= 15 is 0 Å². The zero-order valence-corrected chi connectivity index (χ0v) is 18.3. The highest BCUT2D eigenvalue weighted by molar-refractivity contribution is 6.09. The first-order chi connectivity index (χ1) is 14.9. The van der Waals surface area contributed by atoms with Crippen LogP contribution in [0.15, 0.2) is 54.1 Å². The SMILES string of the molecule is CCc1cccc2c(OC(=O)C3CC=C(C)CC3C(=O)O)c3c(CC)cccc3cc12. The third-order valence-electron chi connectivity index (χ3n) is 6.48. The van der Waals surface area contributed by atoms with Crippen LogP contribution in [-0.2, 0) is 22.4 Å². The highest BCUT2D eigenvalue weighted by Gasteiger charge is 2.37. The Balaban J connectivity index is 1.89. The van der Waals surface area contributed by atoms with Gasteiger partial charge in [0.1, 0.15) is 5.75 Å². The second-order valence-corrected chi connectivity index (χ2v) is 8.40. The quantitative estimate of drug-likeness (QED) is 0.237. The van der Waals surface area contributed by atoms with Gasteiger partial charge >= 0.3 is 11.9 Å². The van der Waals surface area contributed by atoms with Crippen molar-refractivity contribution in [1.82, 2.24) is 0 Å². The summed E-state index contributed by atoms with van der Waals surface area (Å²) in [5.74, 6) is -2.29. The predicted octanol–water partition coefficient (Wildman–Crippen LogP) is 6.08. The van der Waals surface area contributed by atoms with E-state index < -0.39 is 23.8 Å². The topological polar surface area (TPSA) is 63.6 Å². The number of benzene rings is 3. The monoisotopic (exact) mass is 416 g/mol. The van der Waals surface area contributed by atoms with Crippen LogP contribution in [-0.4, -0.2) is 17.0 Å². The molecule has 2 unspecified atom stereocenters. The number of carbonyl (C=O) groups excluding carboxylic acids is 1. The summed E-state index contributed by atoms with van der Waals surface area (Å²) in [6.45, 7) is 6.11. The maximum atomic E-state index is 13.3. The van der Waals surface area contributed by atoms with E-state index in [2.05, 4.69) is 32.0 Å². The largest absolute Gasteiger partial charge is 0.481 e. The van der Waals surface area contributed by atoms with Gasteiger partial charge in [-0.05, 0) is 60.6 Å². The lowest BCUT2D eigenvalue weighted by molar-refractivity contribution is -0.152. The molecule has 0 saturated heterocycles. The van der Waals surface area contributed by atoms with E-state index in [1.165, 1.54) is 5.56 Å². The van der Waals surface area contributed by atoms with Crippen molar-refractivity contribution in [3.05, 3.63) is 65.2 Å². The van der Waals surface area contributed by atoms with Gasteiger partial charge in [0.05, 0.1) is 11.8 Å². The Labute approximate surface area is 182 Å². The van der Waals surface area contributed by atoms with Crippen molar-refractivity contribution in [1.29, 1.82) is 0 Å². The summed E-state index contributed by atoms with van der Waals surface area (Å²) < 4.78 is 6.11. The van der Waals surface area contributed by atoms with Gasteiger partial charge in [-0.15, -0.1) is 0 Å². The van der Waals surface area contributed by atoms with Crippen LogP contribution in [0.1, 0.15) is 44.7 Å². The van der Waals surface area contributed by atoms with Crippen LogP contribution in [0, 0.1) is 11.8 Å². The fraction of sp³-hybridized carbons (Fsp3) is 0.333. The third kappa shape index (κ3) is 3.83. The highest BCUT2D eigenvalue weighted by atomic mass is 16.5. The van der Waals surface area contributed by atoms with E-state index in [-0.39, 0.29) is 0 Å². The number of ether oxygens (including phenoxy) is 1. The van der Waals surface area contributed by atoms with Gasteiger partial charge in [0.15, 0.2) is 0 Å². The lowest BCUT2D eigenvalue weighted by Gasteiger charge is -2.26. The van der Waals surface area contributed by atoms with Gasteiger partial charge in [-0.25, -0.2) is 0 Å². The van der Waals surface area contributed by atoms with Gasteiger partial charge in [0.25, 0.3) is 0 Å². The minimum atomic E-state index is -0.945. The summed E-state index contributed by atoms with van der Waals surface area (Å²) in [4.78, 5) is 25.2. The number of esters is 1. The summed E-state index contributed by atoms with van der Waals surface area (Å²) in [6.07, 6.45) is 4.41. The molecular formula is C27H28O4. The van der Waals surface area contributed by atoms with Crippen molar-refractivity contribution in [2.75, 3.05) is 0 Å². The lowest BCUT2D eigenvalue weighted by Crippen LogP contribution is -2.34. The average molecular weight is 417 g/mol. The number of rotatable bonds is 5. The first-order valence-corrected chi connectivity index (χ1v) is 11.0. The minimum absolute atomic E-state index is 0.381. The fourth-order valence-corrected chi connectivity index (χ4v) is 4.76. The van der Waals surface area contributed by atoms with E-state index in [0.717, 1.165) is 45.5 Å². The Morgan fingerprint density at radius 2 is 1.71 bits per heavy atom. The molecule has 1 aliphatic rings. The number of carbonyl (C=O) groups is 2. The van der Waals surface area contributed by atoms with Gasteiger partial charge in [0.2, 0.25) is 0 Å². The number of aryl methyl sites for hydroxylation is 2. The molecule has 0 radical (unpaired) electrons. The maximum absolute atomic E-state index is 13.3. The predicted molar refractivity (Wildman–Crippen MR) is 123 cm³/mol. The zero-order valence-electron chi connectivity index (χ0n) is 18.3. The Bertz CT molecular complexity index is 1200.